The van der Waals surface area contributed by atoms with Gasteiger partial charge in [0, 0.05) is 12.1 Å². The molecule has 0 bridgehead atoms. The van der Waals surface area contributed by atoms with E-state index in [1.165, 1.54) is 11.1 Å². The van der Waals surface area contributed by atoms with Gasteiger partial charge in [-0.3, -0.25) is 0 Å². The van der Waals surface area contributed by atoms with Crippen LogP contribution in [0.4, 0.5) is 0 Å². The summed E-state index contributed by atoms with van der Waals surface area (Å²) in [4.78, 5) is 0. The standard InChI is InChI=1S/C17H18ClNO.ClH/c1-11-4-2-3-5-14(11)16-15(18)9-7-12-6-8-13(10-19)20-17(12)16;/h2-5,7,9,13H,6,8,10,19H2,1H3;1H/t13-;/m1./s1. The van der Waals surface area contributed by atoms with Crippen LogP contribution in [0, 0.1) is 6.92 Å². The van der Waals surface area contributed by atoms with E-state index < -0.39 is 0 Å². The minimum Gasteiger partial charge on any atom is -0.488 e. The third-order valence-electron chi connectivity index (χ3n) is 3.89. The van der Waals surface area contributed by atoms with Gasteiger partial charge in [0.1, 0.15) is 11.9 Å². The second-order valence-electron chi connectivity index (χ2n) is 5.24. The second-order valence-corrected chi connectivity index (χ2v) is 5.65. The molecule has 0 unspecified atom stereocenters. The molecule has 2 nitrogen and oxygen atoms in total. The van der Waals surface area contributed by atoms with Crippen molar-refractivity contribution in [2.75, 3.05) is 6.54 Å². The Morgan fingerprint density at radius 2 is 2.00 bits per heavy atom. The minimum absolute atomic E-state index is 0. The Morgan fingerprint density at radius 3 is 2.71 bits per heavy atom. The molecule has 1 heterocycles. The lowest BCUT2D eigenvalue weighted by Gasteiger charge is -2.28. The van der Waals surface area contributed by atoms with E-state index >= 15 is 0 Å². The van der Waals surface area contributed by atoms with E-state index in [1.807, 2.05) is 18.2 Å². The lowest BCUT2D eigenvalue weighted by atomic mass is 9.93. The maximum absolute atomic E-state index is 6.45. The van der Waals surface area contributed by atoms with E-state index in [0.29, 0.717) is 6.54 Å². The first-order valence-electron chi connectivity index (χ1n) is 6.95. The van der Waals surface area contributed by atoms with E-state index in [-0.39, 0.29) is 18.5 Å². The van der Waals surface area contributed by atoms with Crippen LogP contribution in [-0.2, 0) is 6.42 Å². The maximum Gasteiger partial charge on any atom is 0.132 e. The molecule has 2 aromatic rings. The maximum atomic E-state index is 6.45. The second kappa shape index (κ2) is 6.69. The number of fused-ring (bicyclic) bond motifs is 1. The molecular formula is C17H19Cl2NO. The fourth-order valence-corrected chi connectivity index (χ4v) is 3.00. The molecule has 1 aliphatic rings. The largest absolute Gasteiger partial charge is 0.488 e. The summed E-state index contributed by atoms with van der Waals surface area (Å²) < 4.78 is 6.09. The van der Waals surface area contributed by atoms with E-state index in [4.69, 9.17) is 22.1 Å². The molecule has 2 aromatic carbocycles. The number of halogens is 2. The molecule has 0 saturated heterocycles. The molecule has 0 amide bonds. The normalized spacial score (nSPS) is 16.6. The van der Waals surface area contributed by atoms with Gasteiger partial charge < -0.3 is 10.5 Å². The Labute approximate surface area is 136 Å². The highest BCUT2D eigenvalue weighted by atomic mass is 35.5. The highest BCUT2D eigenvalue weighted by Crippen LogP contribution is 2.43. The Balaban J connectivity index is 0.00000161. The fraction of sp³-hybridized carbons (Fsp3) is 0.294. The van der Waals surface area contributed by atoms with Gasteiger partial charge in [-0.05, 0) is 42.5 Å². The monoisotopic (exact) mass is 323 g/mol. The van der Waals surface area contributed by atoms with Crippen LogP contribution in [0.25, 0.3) is 11.1 Å². The van der Waals surface area contributed by atoms with Crippen LogP contribution >= 0.6 is 24.0 Å². The van der Waals surface area contributed by atoms with Crippen LogP contribution in [0.1, 0.15) is 17.5 Å². The first kappa shape index (κ1) is 16.2. The molecule has 21 heavy (non-hydrogen) atoms. The first-order chi connectivity index (χ1) is 9.70. The van der Waals surface area contributed by atoms with Gasteiger partial charge in [-0.1, -0.05) is 41.9 Å². The predicted molar refractivity (Wildman–Crippen MR) is 90.7 cm³/mol. The van der Waals surface area contributed by atoms with Crippen molar-refractivity contribution in [3.05, 3.63) is 52.5 Å². The molecule has 112 valence electrons. The Kier molecular flexibility index (Phi) is 5.15. The number of ether oxygens (including phenoxy) is 1. The number of hydrogen-bond donors (Lipinski definition) is 1. The van der Waals surface area contributed by atoms with Crippen LogP contribution in [-0.4, -0.2) is 12.6 Å². The summed E-state index contributed by atoms with van der Waals surface area (Å²) in [6.45, 7) is 2.63. The topological polar surface area (TPSA) is 35.2 Å². The summed E-state index contributed by atoms with van der Waals surface area (Å²) in [5, 5.41) is 0.732. The summed E-state index contributed by atoms with van der Waals surface area (Å²) in [7, 11) is 0. The van der Waals surface area contributed by atoms with Crippen LogP contribution in [0.15, 0.2) is 36.4 Å². The van der Waals surface area contributed by atoms with Crippen molar-refractivity contribution < 1.29 is 4.74 Å². The Morgan fingerprint density at radius 1 is 1.24 bits per heavy atom. The summed E-state index contributed by atoms with van der Waals surface area (Å²) in [5.74, 6) is 0.911. The zero-order valence-corrected chi connectivity index (χ0v) is 13.5. The number of hydrogen-bond acceptors (Lipinski definition) is 2. The fourth-order valence-electron chi connectivity index (χ4n) is 2.75. The van der Waals surface area contributed by atoms with E-state index in [0.717, 1.165) is 34.7 Å². The van der Waals surface area contributed by atoms with Gasteiger partial charge in [-0.15, -0.1) is 12.4 Å². The molecule has 4 heteroatoms. The van der Waals surface area contributed by atoms with Crippen molar-refractivity contribution in [2.24, 2.45) is 5.73 Å². The zero-order chi connectivity index (χ0) is 14.1. The van der Waals surface area contributed by atoms with Crippen molar-refractivity contribution in [2.45, 2.75) is 25.9 Å². The van der Waals surface area contributed by atoms with E-state index in [2.05, 4.69) is 25.1 Å². The number of nitrogens with two attached hydrogens (primary N) is 1. The number of rotatable bonds is 2. The summed E-state index contributed by atoms with van der Waals surface area (Å²) in [6, 6.07) is 12.3. The SMILES string of the molecule is Cc1ccccc1-c1c(Cl)ccc2c1O[C@@H](CN)CC2.Cl. The van der Waals surface area contributed by atoms with Gasteiger partial charge in [-0.25, -0.2) is 0 Å². The van der Waals surface area contributed by atoms with Crippen molar-refractivity contribution in [1.29, 1.82) is 0 Å². The molecule has 1 aliphatic heterocycles. The summed E-state index contributed by atoms with van der Waals surface area (Å²) >= 11 is 6.45. The number of benzene rings is 2. The van der Waals surface area contributed by atoms with Crippen LogP contribution in [0.3, 0.4) is 0 Å². The molecule has 0 aliphatic carbocycles. The zero-order valence-electron chi connectivity index (χ0n) is 11.9. The van der Waals surface area contributed by atoms with Gasteiger partial charge in [0.25, 0.3) is 0 Å². The molecule has 2 N–H and O–H groups in total. The Hall–Kier alpha value is -1.22. The molecule has 0 saturated carbocycles. The van der Waals surface area contributed by atoms with Crippen LogP contribution < -0.4 is 10.5 Å². The van der Waals surface area contributed by atoms with Crippen molar-refractivity contribution >= 4 is 24.0 Å². The molecule has 0 fully saturated rings. The predicted octanol–water partition coefficient (Wildman–Crippen LogP) is 4.39. The molecule has 0 spiro atoms. The number of aryl methyl sites for hydroxylation is 2. The highest BCUT2D eigenvalue weighted by molar-refractivity contribution is 6.33. The smallest absolute Gasteiger partial charge is 0.132 e. The lowest BCUT2D eigenvalue weighted by molar-refractivity contribution is 0.182. The van der Waals surface area contributed by atoms with Gasteiger partial charge in [0.05, 0.1) is 5.02 Å². The molecule has 1 atom stereocenters. The molecule has 0 radical (unpaired) electrons. The average Bonchev–Trinajstić information content (AvgIpc) is 2.48. The summed E-state index contributed by atoms with van der Waals surface area (Å²) in [5.41, 5.74) is 10.3. The van der Waals surface area contributed by atoms with Crippen LogP contribution in [0.2, 0.25) is 5.02 Å². The third-order valence-corrected chi connectivity index (χ3v) is 4.20. The summed E-state index contributed by atoms with van der Waals surface area (Å²) in [6.07, 6.45) is 2.05. The quantitative estimate of drug-likeness (QED) is 0.889. The van der Waals surface area contributed by atoms with Crippen molar-refractivity contribution in [1.82, 2.24) is 0 Å². The van der Waals surface area contributed by atoms with Crippen molar-refractivity contribution in [3.63, 3.8) is 0 Å². The van der Waals surface area contributed by atoms with Gasteiger partial charge in [0.2, 0.25) is 0 Å². The highest BCUT2D eigenvalue weighted by Gasteiger charge is 2.24. The third kappa shape index (κ3) is 3.03. The van der Waals surface area contributed by atoms with Gasteiger partial charge in [0.15, 0.2) is 0 Å². The molecular weight excluding hydrogens is 305 g/mol. The van der Waals surface area contributed by atoms with Crippen molar-refractivity contribution in [3.8, 4) is 16.9 Å². The van der Waals surface area contributed by atoms with E-state index in [9.17, 15) is 0 Å². The lowest BCUT2D eigenvalue weighted by Crippen LogP contribution is -2.30. The van der Waals surface area contributed by atoms with Crippen LogP contribution in [0.5, 0.6) is 5.75 Å². The minimum atomic E-state index is 0. The van der Waals surface area contributed by atoms with E-state index in [1.54, 1.807) is 0 Å². The average molecular weight is 324 g/mol. The van der Waals surface area contributed by atoms with Gasteiger partial charge in [-0.2, -0.15) is 0 Å². The first-order valence-corrected chi connectivity index (χ1v) is 7.32. The van der Waals surface area contributed by atoms with Gasteiger partial charge >= 0.3 is 0 Å². The Bertz CT molecular complexity index is 643. The molecule has 0 aromatic heterocycles. The molecule has 3 rings (SSSR count).